The zero-order valence-corrected chi connectivity index (χ0v) is 9.38. The van der Waals surface area contributed by atoms with E-state index in [1.807, 2.05) is 0 Å². The number of nitrogens with zero attached hydrogens (tertiary/aromatic N) is 2. The number of anilines is 1. The van der Waals surface area contributed by atoms with E-state index in [2.05, 4.69) is 15.7 Å². The fraction of sp³-hybridized carbons (Fsp3) is 0.556. The summed E-state index contributed by atoms with van der Waals surface area (Å²) in [6, 6.07) is 1.70. The molecule has 0 spiro atoms. The smallest absolute Gasteiger partial charge is 0.243 e. The Morgan fingerprint density at radius 2 is 2.67 bits per heavy atom. The third-order valence-electron chi connectivity index (χ3n) is 2.31. The van der Waals surface area contributed by atoms with Crippen molar-refractivity contribution in [2.45, 2.75) is 6.04 Å². The Kier molecular flexibility index (Phi) is 3.27. The van der Waals surface area contributed by atoms with Crippen LogP contribution < -0.4 is 10.6 Å². The lowest BCUT2D eigenvalue weighted by Crippen LogP contribution is -2.46. The van der Waals surface area contributed by atoms with Crippen LogP contribution >= 0.6 is 11.8 Å². The van der Waals surface area contributed by atoms with Crippen LogP contribution in [0.15, 0.2) is 12.3 Å². The second-order valence-corrected chi connectivity index (χ2v) is 4.56. The first-order valence-electron chi connectivity index (χ1n) is 4.87. The monoisotopic (exact) mass is 226 g/mol. The van der Waals surface area contributed by atoms with Crippen molar-refractivity contribution in [2.75, 3.05) is 23.4 Å². The Morgan fingerprint density at radius 1 is 1.80 bits per heavy atom. The molecule has 0 aromatic carbocycles. The number of amides is 1. The molecule has 1 unspecified atom stereocenters. The number of hydrogen-bond acceptors (Lipinski definition) is 4. The lowest BCUT2D eigenvalue weighted by molar-refractivity contribution is -0.117. The largest absolute Gasteiger partial charge is 0.310 e. The standard InChI is InChI=1S/C9H14N4OS/c1-13-8(2-3-11-13)12-9(14)7-6-15-5-4-10-7/h2-3,7,10H,4-6H2,1H3,(H,12,14). The van der Waals surface area contributed by atoms with Gasteiger partial charge in [0.15, 0.2) is 0 Å². The van der Waals surface area contributed by atoms with Crippen molar-refractivity contribution in [1.82, 2.24) is 15.1 Å². The number of hydrogen-bond donors (Lipinski definition) is 2. The molecule has 2 rings (SSSR count). The Morgan fingerprint density at radius 3 is 3.27 bits per heavy atom. The number of carbonyl (C=O) groups excluding carboxylic acids is 1. The minimum Gasteiger partial charge on any atom is -0.310 e. The first-order valence-corrected chi connectivity index (χ1v) is 6.03. The minimum atomic E-state index is -0.0846. The van der Waals surface area contributed by atoms with Crippen LogP contribution in [0.2, 0.25) is 0 Å². The molecular weight excluding hydrogens is 212 g/mol. The summed E-state index contributed by atoms with van der Waals surface area (Å²) in [4.78, 5) is 11.8. The van der Waals surface area contributed by atoms with Gasteiger partial charge in [0, 0.05) is 31.2 Å². The van der Waals surface area contributed by atoms with Gasteiger partial charge in [-0.2, -0.15) is 16.9 Å². The van der Waals surface area contributed by atoms with Crippen LogP contribution in [0.3, 0.4) is 0 Å². The number of thioether (sulfide) groups is 1. The van der Waals surface area contributed by atoms with E-state index in [0.717, 1.165) is 23.9 Å². The lowest BCUT2D eigenvalue weighted by Gasteiger charge is -2.22. The topological polar surface area (TPSA) is 59.0 Å². The summed E-state index contributed by atoms with van der Waals surface area (Å²) in [6.07, 6.45) is 1.67. The molecule has 5 nitrogen and oxygen atoms in total. The first-order chi connectivity index (χ1) is 7.27. The van der Waals surface area contributed by atoms with Crippen molar-refractivity contribution >= 4 is 23.5 Å². The van der Waals surface area contributed by atoms with Crippen molar-refractivity contribution in [3.8, 4) is 0 Å². The van der Waals surface area contributed by atoms with Crippen LogP contribution in [-0.4, -0.2) is 39.8 Å². The van der Waals surface area contributed by atoms with E-state index in [1.165, 1.54) is 0 Å². The predicted molar refractivity (Wildman–Crippen MR) is 61.0 cm³/mol. The maximum absolute atomic E-state index is 11.8. The second kappa shape index (κ2) is 4.67. The zero-order chi connectivity index (χ0) is 10.7. The molecule has 1 aromatic heterocycles. The van der Waals surface area contributed by atoms with Crippen molar-refractivity contribution in [3.63, 3.8) is 0 Å². The normalized spacial score (nSPS) is 21.3. The van der Waals surface area contributed by atoms with E-state index in [1.54, 1.807) is 35.8 Å². The second-order valence-electron chi connectivity index (χ2n) is 3.41. The van der Waals surface area contributed by atoms with Gasteiger partial charge in [0.1, 0.15) is 5.82 Å². The van der Waals surface area contributed by atoms with Gasteiger partial charge in [-0.25, -0.2) is 0 Å². The number of nitrogens with one attached hydrogen (secondary N) is 2. The lowest BCUT2D eigenvalue weighted by atomic mass is 10.3. The van der Waals surface area contributed by atoms with E-state index in [4.69, 9.17) is 0 Å². The molecule has 1 fully saturated rings. The molecular formula is C9H14N4OS. The highest BCUT2D eigenvalue weighted by Gasteiger charge is 2.21. The summed E-state index contributed by atoms with van der Waals surface area (Å²) in [7, 11) is 1.80. The van der Waals surface area contributed by atoms with Gasteiger partial charge in [-0.1, -0.05) is 0 Å². The summed E-state index contributed by atoms with van der Waals surface area (Å²) in [5.41, 5.74) is 0. The highest BCUT2D eigenvalue weighted by atomic mass is 32.2. The van der Waals surface area contributed by atoms with Crippen LogP contribution in [0, 0.1) is 0 Å². The molecule has 6 heteroatoms. The number of aromatic nitrogens is 2. The highest BCUT2D eigenvalue weighted by Crippen LogP contribution is 2.10. The summed E-state index contributed by atoms with van der Waals surface area (Å²) >= 11 is 1.80. The maximum atomic E-state index is 11.8. The third kappa shape index (κ3) is 2.51. The summed E-state index contributed by atoms with van der Waals surface area (Å²) < 4.78 is 1.65. The van der Waals surface area contributed by atoms with Gasteiger partial charge in [0.25, 0.3) is 0 Å². The van der Waals surface area contributed by atoms with Crippen LogP contribution in [-0.2, 0) is 11.8 Å². The summed E-state index contributed by atoms with van der Waals surface area (Å²) in [5.74, 6) is 2.67. The Balaban J connectivity index is 1.94. The molecule has 0 radical (unpaired) electrons. The molecule has 0 bridgehead atoms. The molecule has 1 amide bonds. The fourth-order valence-electron chi connectivity index (χ4n) is 1.44. The molecule has 15 heavy (non-hydrogen) atoms. The van der Waals surface area contributed by atoms with Crippen molar-refractivity contribution < 1.29 is 4.79 Å². The van der Waals surface area contributed by atoms with Crippen molar-refractivity contribution in [3.05, 3.63) is 12.3 Å². The summed E-state index contributed by atoms with van der Waals surface area (Å²) in [5, 5.41) is 10.0. The van der Waals surface area contributed by atoms with E-state index in [9.17, 15) is 4.79 Å². The van der Waals surface area contributed by atoms with E-state index >= 15 is 0 Å². The van der Waals surface area contributed by atoms with Crippen molar-refractivity contribution in [2.24, 2.45) is 7.05 Å². The molecule has 0 saturated carbocycles. The number of rotatable bonds is 2. The van der Waals surface area contributed by atoms with E-state index in [0.29, 0.717) is 0 Å². The zero-order valence-electron chi connectivity index (χ0n) is 8.56. The Labute approximate surface area is 92.6 Å². The summed E-state index contributed by atoms with van der Waals surface area (Å²) in [6.45, 7) is 0.897. The molecule has 1 atom stereocenters. The predicted octanol–water partition coefficient (Wildman–Crippen LogP) is 0.0636. The van der Waals surface area contributed by atoms with Gasteiger partial charge in [0.05, 0.1) is 12.2 Å². The van der Waals surface area contributed by atoms with E-state index < -0.39 is 0 Å². The number of carbonyl (C=O) groups is 1. The van der Waals surface area contributed by atoms with Gasteiger partial charge in [0.2, 0.25) is 5.91 Å². The molecule has 82 valence electrons. The Bertz CT molecular complexity index is 346. The van der Waals surface area contributed by atoms with Crippen LogP contribution in [0.1, 0.15) is 0 Å². The molecule has 0 aliphatic carbocycles. The third-order valence-corrected chi connectivity index (χ3v) is 3.37. The maximum Gasteiger partial charge on any atom is 0.243 e. The SMILES string of the molecule is Cn1nccc1NC(=O)C1CSCCN1. The average Bonchev–Trinajstić information content (AvgIpc) is 2.66. The molecule has 2 N–H and O–H groups in total. The fourth-order valence-corrected chi connectivity index (χ4v) is 2.38. The van der Waals surface area contributed by atoms with Crippen LogP contribution in [0.4, 0.5) is 5.82 Å². The minimum absolute atomic E-state index is 0.0193. The van der Waals surface area contributed by atoms with Crippen molar-refractivity contribution in [1.29, 1.82) is 0 Å². The van der Waals surface area contributed by atoms with E-state index in [-0.39, 0.29) is 11.9 Å². The van der Waals surface area contributed by atoms with Crippen LogP contribution in [0.5, 0.6) is 0 Å². The highest BCUT2D eigenvalue weighted by molar-refractivity contribution is 7.99. The molecule has 2 heterocycles. The molecule has 1 aromatic rings. The number of aryl methyl sites for hydroxylation is 1. The molecule has 1 saturated heterocycles. The Hall–Kier alpha value is -1.01. The molecule has 1 aliphatic heterocycles. The van der Waals surface area contributed by atoms with Gasteiger partial charge in [-0.3, -0.25) is 9.48 Å². The van der Waals surface area contributed by atoms with Crippen LogP contribution in [0.25, 0.3) is 0 Å². The van der Waals surface area contributed by atoms with Gasteiger partial charge < -0.3 is 10.6 Å². The average molecular weight is 226 g/mol. The van der Waals surface area contributed by atoms with Gasteiger partial charge in [-0.05, 0) is 0 Å². The quantitative estimate of drug-likeness (QED) is 0.749. The van der Waals surface area contributed by atoms with Gasteiger partial charge in [-0.15, -0.1) is 0 Å². The molecule has 1 aliphatic rings. The first kappa shape index (κ1) is 10.5. The van der Waals surface area contributed by atoms with Gasteiger partial charge >= 0.3 is 0 Å².